The van der Waals surface area contributed by atoms with Gasteiger partial charge in [-0.05, 0) is 36.6 Å². The predicted molar refractivity (Wildman–Crippen MR) is 94.3 cm³/mol. The molecule has 2 aromatic rings. The van der Waals surface area contributed by atoms with Gasteiger partial charge >= 0.3 is 0 Å². The van der Waals surface area contributed by atoms with Crippen molar-refractivity contribution >= 4 is 11.9 Å². The number of benzene rings is 1. The van der Waals surface area contributed by atoms with E-state index in [1.807, 2.05) is 29.2 Å². The summed E-state index contributed by atoms with van der Waals surface area (Å²) in [5.41, 5.74) is 0.660. The third-order valence-corrected chi connectivity index (χ3v) is 5.49. The molecule has 0 spiro atoms. The third-order valence-electron chi connectivity index (χ3n) is 5.49. The summed E-state index contributed by atoms with van der Waals surface area (Å²) in [6.07, 6.45) is 5.29. The van der Waals surface area contributed by atoms with Crippen LogP contribution in [0.4, 0.5) is 5.95 Å². The van der Waals surface area contributed by atoms with E-state index in [2.05, 4.69) is 14.9 Å². The van der Waals surface area contributed by atoms with Gasteiger partial charge in [0.05, 0.1) is 5.41 Å². The van der Waals surface area contributed by atoms with Crippen molar-refractivity contribution in [2.45, 2.75) is 18.3 Å². The van der Waals surface area contributed by atoms with Gasteiger partial charge in [0.25, 0.3) is 0 Å². The van der Waals surface area contributed by atoms with Crippen LogP contribution in [0.2, 0.25) is 0 Å². The molecule has 3 heterocycles. The van der Waals surface area contributed by atoms with Crippen LogP contribution in [0.3, 0.4) is 0 Å². The SMILES string of the molecule is O=C(N1CCN(c2ncccn2)CC1)C1(c2ccc3c(c2)OCO3)CC1. The second-order valence-electron chi connectivity index (χ2n) is 6.98. The van der Waals surface area contributed by atoms with Crippen LogP contribution in [-0.4, -0.2) is 53.7 Å². The lowest BCUT2D eigenvalue weighted by Crippen LogP contribution is -2.52. The fraction of sp³-hybridized carbons (Fsp3) is 0.421. The second kappa shape index (κ2) is 5.86. The number of anilines is 1. The molecular weight excluding hydrogens is 332 g/mol. The van der Waals surface area contributed by atoms with E-state index in [-0.39, 0.29) is 18.1 Å². The molecule has 2 fully saturated rings. The molecule has 0 radical (unpaired) electrons. The summed E-state index contributed by atoms with van der Waals surface area (Å²) >= 11 is 0. The molecule has 1 aromatic carbocycles. The average Bonchev–Trinajstić information content (AvgIpc) is 3.39. The number of carbonyl (C=O) groups is 1. The molecule has 3 aliphatic rings. The fourth-order valence-corrected chi connectivity index (χ4v) is 3.81. The van der Waals surface area contributed by atoms with Gasteiger partial charge in [0, 0.05) is 38.6 Å². The minimum atomic E-state index is -0.383. The monoisotopic (exact) mass is 352 g/mol. The van der Waals surface area contributed by atoms with Gasteiger partial charge in [-0.25, -0.2) is 9.97 Å². The Bertz CT molecular complexity index is 830. The number of hydrogen-bond donors (Lipinski definition) is 0. The highest BCUT2D eigenvalue weighted by Gasteiger charge is 2.53. The molecule has 134 valence electrons. The molecule has 0 bridgehead atoms. The molecule has 0 atom stereocenters. The summed E-state index contributed by atoms with van der Waals surface area (Å²) in [5, 5.41) is 0. The number of carbonyl (C=O) groups excluding carboxylic acids is 1. The number of aromatic nitrogens is 2. The van der Waals surface area contributed by atoms with Crippen molar-refractivity contribution < 1.29 is 14.3 Å². The lowest BCUT2D eigenvalue weighted by atomic mass is 9.93. The molecule has 2 aliphatic heterocycles. The standard InChI is InChI=1S/C19H20N4O3/c24-17(22-8-10-23(11-9-22)18-20-6-1-7-21-18)19(4-5-19)14-2-3-15-16(12-14)26-13-25-15/h1-3,6-7,12H,4-5,8-11,13H2. The third kappa shape index (κ3) is 2.46. The van der Waals surface area contributed by atoms with E-state index in [1.165, 1.54) is 0 Å². The van der Waals surface area contributed by atoms with Gasteiger partial charge in [-0.15, -0.1) is 0 Å². The molecule has 1 aliphatic carbocycles. The number of hydrogen-bond acceptors (Lipinski definition) is 6. The fourth-order valence-electron chi connectivity index (χ4n) is 3.81. The molecule has 1 saturated carbocycles. The van der Waals surface area contributed by atoms with Crippen LogP contribution < -0.4 is 14.4 Å². The normalized spacial score (nSPS) is 20.2. The van der Waals surface area contributed by atoms with E-state index >= 15 is 0 Å². The molecule has 7 heteroatoms. The Hall–Kier alpha value is -2.83. The first-order chi connectivity index (χ1) is 12.8. The lowest BCUT2D eigenvalue weighted by molar-refractivity contribution is -0.134. The van der Waals surface area contributed by atoms with Crippen LogP contribution in [0.1, 0.15) is 18.4 Å². The quantitative estimate of drug-likeness (QED) is 0.836. The molecule has 1 saturated heterocycles. The van der Waals surface area contributed by atoms with E-state index in [0.717, 1.165) is 48.9 Å². The van der Waals surface area contributed by atoms with Gasteiger partial charge in [0.15, 0.2) is 11.5 Å². The van der Waals surface area contributed by atoms with Crippen LogP contribution >= 0.6 is 0 Å². The zero-order valence-corrected chi connectivity index (χ0v) is 14.4. The van der Waals surface area contributed by atoms with Gasteiger partial charge in [0.1, 0.15) is 0 Å². The van der Waals surface area contributed by atoms with Crippen LogP contribution in [0.15, 0.2) is 36.7 Å². The number of fused-ring (bicyclic) bond motifs is 1. The Morgan fingerprint density at radius 3 is 2.46 bits per heavy atom. The largest absolute Gasteiger partial charge is 0.454 e. The Labute approximate surface area is 151 Å². The maximum Gasteiger partial charge on any atom is 0.233 e. The van der Waals surface area contributed by atoms with Gasteiger partial charge < -0.3 is 19.3 Å². The molecule has 0 unspecified atom stereocenters. The Kier molecular flexibility index (Phi) is 3.48. The van der Waals surface area contributed by atoms with E-state index in [4.69, 9.17) is 9.47 Å². The summed E-state index contributed by atoms with van der Waals surface area (Å²) < 4.78 is 10.9. The van der Waals surface area contributed by atoms with Crippen molar-refractivity contribution in [1.29, 1.82) is 0 Å². The van der Waals surface area contributed by atoms with Crippen LogP contribution in [0, 0.1) is 0 Å². The first-order valence-corrected chi connectivity index (χ1v) is 8.98. The molecular formula is C19H20N4O3. The van der Waals surface area contributed by atoms with Gasteiger partial charge in [-0.1, -0.05) is 6.07 Å². The highest BCUT2D eigenvalue weighted by Crippen LogP contribution is 2.51. The van der Waals surface area contributed by atoms with Crippen molar-refractivity contribution in [3.05, 3.63) is 42.2 Å². The van der Waals surface area contributed by atoms with Crippen molar-refractivity contribution in [2.24, 2.45) is 0 Å². The predicted octanol–water partition coefficient (Wildman–Crippen LogP) is 1.59. The van der Waals surface area contributed by atoms with Crippen molar-refractivity contribution in [2.75, 3.05) is 37.9 Å². The summed E-state index contributed by atoms with van der Waals surface area (Å²) in [6, 6.07) is 7.70. The first-order valence-electron chi connectivity index (χ1n) is 8.98. The van der Waals surface area contributed by atoms with E-state index in [0.29, 0.717) is 13.1 Å². The second-order valence-corrected chi connectivity index (χ2v) is 6.98. The lowest BCUT2D eigenvalue weighted by Gasteiger charge is -2.36. The summed E-state index contributed by atoms with van der Waals surface area (Å²) in [6.45, 7) is 3.16. The molecule has 1 aromatic heterocycles. The zero-order valence-electron chi connectivity index (χ0n) is 14.4. The highest BCUT2D eigenvalue weighted by atomic mass is 16.7. The van der Waals surface area contributed by atoms with Crippen molar-refractivity contribution in [3.63, 3.8) is 0 Å². The smallest absolute Gasteiger partial charge is 0.233 e. The number of nitrogens with zero attached hydrogens (tertiary/aromatic N) is 4. The Balaban J connectivity index is 1.30. The van der Waals surface area contributed by atoms with E-state index < -0.39 is 0 Å². The maximum absolute atomic E-state index is 13.2. The molecule has 5 rings (SSSR count). The Morgan fingerprint density at radius 2 is 1.73 bits per heavy atom. The average molecular weight is 352 g/mol. The number of rotatable bonds is 3. The minimum Gasteiger partial charge on any atom is -0.454 e. The summed E-state index contributed by atoms with van der Waals surface area (Å²) in [4.78, 5) is 25.9. The van der Waals surface area contributed by atoms with Crippen LogP contribution in [-0.2, 0) is 10.2 Å². The number of piperazine rings is 1. The molecule has 7 nitrogen and oxygen atoms in total. The maximum atomic E-state index is 13.2. The van der Waals surface area contributed by atoms with Crippen molar-refractivity contribution in [3.8, 4) is 11.5 Å². The number of amides is 1. The van der Waals surface area contributed by atoms with Gasteiger partial charge in [-0.3, -0.25) is 4.79 Å². The van der Waals surface area contributed by atoms with Crippen LogP contribution in [0.5, 0.6) is 11.5 Å². The summed E-state index contributed by atoms with van der Waals surface area (Å²) in [7, 11) is 0. The van der Waals surface area contributed by atoms with E-state index in [9.17, 15) is 4.79 Å². The zero-order chi connectivity index (χ0) is 17.6. The van der Waals surface area contributed by atoms with Gasteiger partial charge in [-0.2, -0.15) is 0 Å². The Morgan fingerprint density at radius 1 is 1.00 bits per heavy atom. The first kappa shape index (κ1) is 15.4. The summed E-state index contributed by atoms with van der Waals surface area (Å²) in [5.74, 6) is 2.46. The highest BCUT2D eigenvalue weighted by molar-refractivity contribution is 5.91. The van der Waals surface area contributed by atoms with Crippen molar-refractivity contribution in [1.82, 2.24) is 14.9 Å². The molecule has 26 heavy (non-hydrogen) atoms. The number of ether oxygens (including phenoxy) is 2. The van der Waals surface area contributed by atoms with Crippen LogP contribution in [0.25, 0.3) is 0 Å². The molecule has 1 amide bonds. The molecule has 0 N–H and O–H groups in total. The topological polar surface area (TPSA) is 67.8 Å². The van der Waals surface area contributed by atoms with E-state index in [1.54, 1.807) is 12.4 Å². The van der Waals surface area contributed by atoms with Gasteiger partial charge in [0.2, 0.25) is 18.6 Å². The minimum absolute atomic E-state index is 0.227.